The van der Waals surface area contributed by atoms with E-state index in [0.717, 1.165) is 30.8 Å². The number of aromatic nitrogens is 1. The van der Waals surface area contributed by atoms with Gasteiger partial charge in [0.1, 0.15) is 4.60 Å². The van der Waals surface area contributed by atoms with Crippen molar-refractivity contribution in [3.8, 4) is 0 Å². The van der Waals surface area contributed by atoms with E-state index in [2.05, 4.69) is 57.1 Å². The molecule has 2 rings (SSSR count). The summed E-state index contributed by atoms with van der Waals surface area (Å²) in [6.07, 6.45) is 3.10. The van der Waals surface area contributed by atoms with Gasteiger partial charge in [0.2, 0.25) is 0 Å². The quantitative estimate of drug-likeness (QED) is 0.867. The van der Waals surface area contributed by atoms with Crippen molar-refractivity contribution in [1.29, 1.82) is 0 Å². The van der Waals surface area contributed by atoms with Gasteiger partial charge in [0, 0.05) is 38.4 Å². The summed E-state index contributed by atoms with van der Waals surface area (Å²) < 4.78 is 0.934. The molecular formula is C14H22BrN3. The Hall–Kier alpha value is -0.450. The van der Waals surface area contributed by atoms with Gasteiger partial charge < -0.3 is 5.32 Å². The smallest absolute Gasteiger partial charge is 0.106 e. The predicted molar refractivity (Wildman–Crippen MR) is 78.6 cm³/mol. The van der Waals surface area contributed by atoms with Crippen molar-refractivity contribution in [2.45, 2.75) is 26.3 Å². The fraction of sp³-hybridized carbons (Fsp3) is 0.643. The minimum atomic E-state index is 0.520. The number of nitrogens with one attached hydrogen (secondary N) is 1. The van der Waals surface area contributed by atoms with Crippen LogP contribution in [0.2, 0.25) is 0 Å². The second-order valence-electron chi connectivity index (χ2n) is 5.34. The van der Waals surface area contributed by atoms with Gasteiger partial charge in [0.05, 0.1) is 0 Å². The maximum atomic E-state index is 4.23. The van der Waals surface area contributed by atoms with Crippen LogP contribution in [0.25, 0.3) is 0 Å². The van der Waals surface area contributed by atoms with E-state index >= 15 is 0 Å². The van der Waals surface area contributed by atoms with Crippen LogP contribution in [-0.2, 0) is 0 Å². The molecule has 100 valence electrons. The molecule has 0 spiro atoms. The second kappa shape index (κ2) is 6.64. The Bertz CT molecular complexity index is 375. The van der Waals surface area contributed by atoms with E-state index in [9.17, 15) is 0 Å². The Kier molecular flexibility index (Phi) is 5.15. The average Bonchev–Trinajstić information content (AvgIpc) is 2.37. The van der Waals surface area contributed by atoms with Gasteiger partial charge in [-0.15, -0.1) is 0 Å². The summed E-state index contributed by atoms with van der Waals surface area (Å²) in [6, 6.07) is 4.83. The van der Waals surface area contributed by atoms with E-state index in [-0.39, 0.29) is 0 Å². The maximum Gasteiger partial charge on any atom is 0.106 e. The first-order valence-corrected chi connectivity index (χ1v) is 7.52. The van der Waals surface area contributed by atoms with Crippen molar-refractivity contribution in [3.05, 3.63) is 28.5 Å². The summed E-state index contributed by atoms with van der Waals surface area (Å²) in [5.74, 6) is 0.705. The standard InChI is InChI=1S/C14H22BrN3/c1-11(2)9-13(18-7-5-16-6-8-18)12-3-4-17-14(15)10-12/h3-4,10-11,13,16H,5-9H2,1-2H3/t13-/m0/s1. The molecule has 1 aliphatic heterocycles. The van der Waals surface area contributed by atoms with Gasteiger partial charge in [-0.2, -0.15) is 0 Å². The zero-order valence-electron chi connectivity index (χ0n) is 11.2. The number of hydrogen-bond acceptors (Lipinski definition) is 3. The molecule has 1 saturated heterocycles. The topological polar surface area (TPSA) is 28.2 Å². The van der Waals surface area contributed by atoms with Crippen LogP contribution in [-0.4, -0.2) is 36.1 Å². The van der Waals surface area contributed by atoms with Crippen LogP contribution in [0.15, 0.2) is 22.9 Å². The van der Waals surface area contributed by atoms with E-state index in [1.165, 1.54) is 12.0 Å². The Morgan fingerprint density at radius 2 is 2.11 bits per heavy atom. The summed E-state index contributed by atoms with van der Waals surface area (Å²) in [5, 5.41) is 3.42. The molecular weight excluding hydrogens is 290 g/mol. The first kappa shape index (κ1) is 14.0. The summed E-state index contributed by atoms with van der Waals surface area (Å²) >= 11 is 3.48. The molecule has 1 aromatic heterocycles. The van der Waals surface area contributed by atoms with E-state index in [0.29, 0.717) is 12.0 Å². The highest BCUT2D eigenvalue weighted by molar-refractivity contribution is 9.10. The van der Waals surface area contributed by atoms with Crippen LogP contribution in [0, 0.1) is 5.92 Å². The Labute approximate surface area is 118 Å². The minimum absolute atomic E-state index is 0.520. The molecule has 1 aromatic rings. The van der Waals surface area contributed by atoms with Crippen LogP contribution < -0.4 is 5.32 Å². The van der Waals surface area contributed by atoms with Crippen molar-refractivity contribution < 1.29 is 0 Å². The van der Waals surface area contributed by atoms with E-state index in [4.69, 9.17) is 0 Å². The maximum absolute atomic E-state index is 4.23. The van der Waals surface area contributed by atoms with E-state index in [1.54, 1.807) is 0 Å². The molecule has 18 heavy (non-hydrogen) atoms. The number of hydrogen-bond donors (Lipinski definition) is 1. The molecule has 0 amide bonds. The van der Waals surface area contributed by atoms with Crippen molar-refractivity contribution in [1.82, 2.24) is 15.2 Å². The average molecular weight is 312 g/mol. The number of halogens is 1. The first-order valence-electron chi connectivity index (χ1n) is 6.73. The van der Waals surface area contributed by atoms with Crippen LogP contribution in [0.1, 0.15) is 31.9 Å². The van der Waals surface area contributed by atoms with Crippen LogP contribution >= 0.6 is 15.9 Å². The van der Waals surface area contributed by atoms with Crippen LogP contribution in [0.3, 0.4) is 0 Å². The minimum Gasteiger partial charge on any atom is -0.314 e. The van der Waals surface area contributed by atoms with Gasteiger partial charge in [-0.3, -0.25) is 4.90 Å². The first-order chi connectivity index (χ1) is 8.66. The molecule has 3 nitrogen and oxygen atoms in total. The van der Waals surface area contributed by atoms with Gasteiger partial charge in [0.15, 0.2) is 0 Å². The molecule has 0 aromatic carbocycles. The van der Waals surface area contributed by atoms with Crippen molar-refractivity contribution in [2.24, 2.45) is 5.92 Å². The lowest BCUT2D eigenvalue weighted by Crippen LogP contribution is -2.45. The Morgan fingerprint density at radius 1 is 1.39 bits per heavy atom. The molecule has 2 heterocycles. The highest BCUT2D eigenvalue weighted by Crippen LogP contribution is 2.28. The predicted octanol–water partition coefficient (Wildman–Crippen LogP) is 2.84. The Balaban J connectivity index is 2.18. The normalized spacial score (nSPS) is 19.1. The monoisotopic (exact) mass is 311 g/mol. The largest absolute Gasteiger partial charge is 0.314 e. The molecule has 1 aliphatic rings. The molecule has 0 radical (unpaired) electrons. The molecule has 1 N–H and O–H groups in total. The molecule has 0 aliphatic carbocycles. The summed E-state index contributed by atoms with van der Waals surface area (Å²) in [7, 11) is 0. The van der Waals surface area contributed by atoms with E-state index < -0.39 is 0 Å². The van der Waals surface area contributed by atoms with Gasteiger partial charge >= 0.3 is 0 Å². The van der Waals surface area contributed by atoms with Crippen LogP contribution in [0.4, 0.5) is 0 Å². The molecule has 1 atom stereocenters. The fourth-order valence-corrected chi connectivity index (χ4v) is 2.94. The second-order valence-corrected chi connectivity index (χ2v) is 6.16. The lowest BCUT2D eigenvalue weighted by atomic mass is 9.96. The summed E-state index contributed by atoms with van der Waals surface area (Å²) in [6.45, 7) is 9.06. The number of pyridine rings is 1. The lowest BCUT2D eigenvalue weighted by molar-refractivity contribution is 0.154. The molecule has 1 fully saturated rings. The molecule has 0 saturated carbocycles. The van der Waals surface area contributed by atoms with Gasteiger partial charge in [-0.05, 0) is 46.0 Å². The number of nitrogens with zero attached hydrogens (tertiary/aromatic N) is 2. The van der Waals surface area contributed by atoms with Crippen LogP contribution in [0.5, 0.6) is 0 Å². The molecule has 4 heteroatoms. The Morgan fingerprint density at radius 3 is 2.72 bits per heavy atom. The van der Waals surface area contributed by atoms with Crippen molar-refractivity contribution in [2.75, 3.05) is 26.2 Å². The third-order valence-electron chi connectivity index (χ3n) is 3.42. The van der Waals surface area contributed by atoms with Gasteiger partial charge in [-0.1, -0.05) is 13.8 Å². The third-order valence-corrected chi connectivity index (χ3v) is 3.86. The third kappa shape index (κ3) is 3.77. The highest BCUT2D eigenvalue weighted by Gasteiger charge is 2.23. The van der Waals surface area contributed by atoms with Crippen molar-refractivity contribution >= 4 is 15.9 Å². The number of rotatable bonds is 4. The fourth-order valence-electron chi connectivity index (χ4n) is 2.56. The summed E-state index contributed by atoms with van der Waals surface area (Å²) in [5.41, 5.74) is 1.38. The van der Waals surface area contributed by atoms with Crippen molar-refractivity contribution in [3.63, 3.8) is 0 Å². The number of piperazine rings is 1. The lowest BCUT2D eigenvalue weighted by Gasteiger charge is -2.36. The SMILES string of the molecule is CC(C)C[C@@H](c1ccnc(Br)c1)N1CCNCC1. The molecule has 0 unspecified atom stereocenters. The zero-order valence-corrected chi connectivity index (χ0v) is 12.8. The summed E-state index contributed by atoms with van der Waals surface area (Å²) in [4.78, 5) is 6.83. The highest BCUT2D eigenvalue weighted by atomic mass is 79.9. The molecule has 0 bridgehead atoms. The van der Waals surface area contributed by atoms with Gasteiger partial charge in [0.25, 0.3) is 0 Å². The zero-order chi connectivity index (χ0) is 13.0. The van der Waals surface area contributed by atoms with Gasteiger partial charge in [-0.25, -0.2) is 4.98 Å². The van der Waals surface area contributed by atoms with E-state index in [1.807, 2.05) is 6.20 Å².